The monoisotopic (exact) mass is 492 g/mol. The lowest BCUT2D eigenvalue weighted by Gasteiger charge is -2.12. The predicted octanol–water partition coefficient (Wildman–Crippen LogP) is 5.85. The number of ether oxygens (including phenoxy) is 1. The number of para-hydroxylation sites is 1. The second-order valence-electron chi connectivity index (χ2n) is 7.57. The highest BCUT2D eigenvalue weighted by atomic mass is 35.5. The summed E-state index contributed by atoms with van der Waals surface area (Å²) in [7, 11) is 0. The molecule has 0 aliphatic heterocycles. The van der Waals surface area contributed by atoms with Crippen LogP contribution in [0.2, 0.25) is 5.02 Å². The summed E-state index contributed by atoms with van der Waals surface area (Å²) in [5.74, 6) is 1.48. The Morgan fingerprint density at radius 2 is 1.71 bits per heavy atom. The van der Waals surface area contributed by atoms with Gasteiger partial charge in [-0.2, -0.15) is 0 Å². The minimum atomic E-state index is -0.166. The zero-order valence-corrected chi connectivity index (χ0v) is 20.4. The fourth-order valence-electron chi connectivity index (χ4n) is 3.31. The van der Waals surface area contributed by atoms with Crippen molar-refractivity contribution >= 4 is 35.0 Å². The molecule has 6 nitrogen and oxygen atoms in total. The molecule has 0 radical (unpaired) electrons. The molecular weight excluding hydrogens is 468 g/mol. The van der Waals surface area contributed by atoms with Gasteiger partial charge in [0.15, 0.2) is 11.0 Å². The molecule has 1 amide bonds. The molecule has 174 valence electrons. The van der Waals surface area contributed by atoms with E-state index in [-0.39, 0.29) is 18.3 Å². The molecule has 0 fully saturated rings. The van der Waals surface area contributed by atoms with Crippen molar-refractivity contribution < 1.29 is 9.53 Å². The van der Waals surface area contributed by atoms with Gasteiger partial charge in [0.05, 0.1) is 23.0 Å². The Kier molecular flexibility index (Phi) is 8.22. The highest BCUT2D eigenvalue weighted by Crippen LogP contribution is 2.23. The van der Waals surface area contributed by atoms with E-state index in [4.69, 9.17) is 16.3 Å². The number of rotatable bonds is 10. The number of amides is 1. The molecule has 0 aliphatic carbocycles. The van der Waals surface area contributed by atoms with Gasteiger partial charge in [-0.05, 0) is 41.8 Å². The third-order valence-corrected chi connectivity index (χ3v) is 6.45. The highest BCUT2D eigenvalue weighted by Gasteiger charge is 2.16. The topological polar surface area (TPSA) is 69.0 Å². The van der Waals surface area contributed by atoms with Gasteiger partial charge in [0.2, 0.25) is 5.91 Å². The summed E-state index contributed by atoms with van der Waals surface area (Å²) >= 11 is 7.47. The Labute approximate surface area is 208 Å². The van der Waals surface area contributed by atoms with Crippen LogP contribution < -0.4 is 10.1 Å². The summed E-state index contributed by atoms with van der Waals surface area (Å²) < 4.78 is 7.96. The Hall–Kier alpha value is -3.29. The lowest BCUT2D eigenvalue weighted by atomic mass is 10.2. The molecule has 8 heteroatoms. The van der Waals surface area contributed by atoms with Crippen LogP contribution in [0.15, 0.2) is 84.0 Å². The molecule has 0 saturated heterocycles. The number of nitrogens with zero attached hydrogens (tertiary/aromatic N) is 3. The van der Waals surface area contributed by atoms with Crippen molar-refractivity contribution in [3.8, 4) is 5.75 Å². The summed E-state index contributed by atoms with van der Waals surface area (Å²) in [5.41, 5.74) is 2.95. The Morgan fingerprint density at radius 3 is 2.44 bits per heavy atom. The van der Waals surface area contributed by atoms with Crippen molar-refractivity contribution in [2.24, 2.45) is 0 Å². The van der Waals surface area contributed by atoms with E-state index in [0.717, 1.165) is 17.7 Å². The van der Waals surface area contributed by atoms with E-state index in [1.165, 1.54) is 17.3 Å². The lowest BCUT2D eigenvalue weighted by molar-refractivity contribution is -0.113. The maximum atomic E-state index is 12.5. The zero-order chi connectivity index (χ0) is 23.8. The number of aromatic nitrogens is 3. The van der Waals surface area contributed by atoms with Gasteiger partial charge < -0.3 is 10.1 Å². The average molecular weight is 493 g/mol. The van der Waals surface area contributed by atoms with Gasteiger partial charge in [0.25, 0.3) is 0 Å². The minimum absolute atomic E-state index is 0.166. The van der Waals surface area contributed by atoms with Crippen molar-refractivity contribution in [2.75, 3.05) is 11.1 Å². The number of hydrogen-bond acceptors (Lipinski definition) is 5. The van der Waals surface area contributed by atoms with E-state index in [2.05, 4.69) is 34.6 Å². The van der Waals surface area contributed by atoms with Crippen LogP contribution in [0.1, 0.15) is 23.9 Å². The molecule has 34 heavy (non-hydrogen) atoms. The molecular formula is C26H25ClN4O2S. The summed E-state index contributed by atoms with van der Waals surface area (Å²) in [4.78, 5) is 12.5. The quantitative estimate of drug-likeness (QED) is 0.281. The number of halogens is 1. The first-order valence-electron chi connectivity index (χ1n) is 11.0. The Bertz CT molecular complexity index is 1230. The van der Waals surface area contributed by atoms with Crippen LogP contribution in [0, 0.1) is 0 Å². The number of thioether (sulfide) groups is 1. The zero-order valence-electron chi connectivity index (χ0n) is 18.8. The first-order valence-corrected chi connectivity index (χ1v) is 12.3. The Morgan fingerprint density at radius 1 is 0.971 bits per heavy atom. The van der Waals surface area contributed by atoms with Crippen LogP contribution >= 0.6 is 23.4 Å². The second-order valence-corrected chi connectivity index (χ2v) is 8.92. The lowest BCUT2D eigenvalue weighted by Crippen LogP contribution is -2.15. The van der Waals surface area contributed by atoms with Crippen molar-refractivity contribution in [1.82, 2.24) is 14.8 Å². The Balaban J connectivity index is 1.46. The molecule has 1 N–H and O–H groups in total. The molecule has 0 unspecified atom stereocenters. The molecule has 0 spiro atoms. The number of nitrogens with one attached hydrogen (secondary N) is 1. The largest absolute Gasteiger partial charge is 0.486 e. The maximum Gasteiger partial charge on any atom is 0.234 e. The van der Waals surface area contributed by atoms with Gasteiger partial charge in [0.1, 0.15) is 12.4 Å². The SMILES string of the molecule is CCc1ccc(OCc2nnc(SCC(=O)Nc3ccccc3Cl)n2Cc2ccccc2)cc1. The number of hydrogen-bond donors (Lipinski definition) is 1. The predicted molar refractivity (Wildman–Crippen MR) is 137 cm³/mol. The maximum absolute atomic E-state index is 12.5. The van der Waals surface area contributed by atoms with E-state index in [9.17, 15) is 4.79 Å². The van der Waals surface area contributed by atoms with E-state index in [1.807, 2.05) is 59.2 Å². The van der Waals surface area contributed by atoms with Crippen LogP contribution in [0.25, 0.3) is 0 Å². The fourth-order valence-corrected chi connectivity index (χ4v) is 4.25. The summed E-state index contributed by atoms with van der Waals surface area (Å²) in [6.45, 7) is 2.98. The van der Waals surface area contributed by atoms with Gasteiger partial charge in [-0.3, -0.25) is 9.36 Å². The summed E-state index contributed by atoms with van der Waals surface area (Å²) in [5, 5.41) is 12.7. The van der Waals surface area contributed by atoms with E-state index in [0.29, 0.717) is 28.2 Å². The second kappa shape index (κ2) is 11.7. The smallest absolute Gasteiger partial charge is 0.234 e. The average Bonchev–Trinajstić information content (AvgIpc) is 3.25. The van der Waals surface area contributed by atoms with Crippen molar-refractivity contribution in [3.63, 3.8) is 0 Å². The molecule has 0 atom stereocenters. The standard InChI is InChI=1S/C26H25ClN4O2S/c1-2-19-12-14-21(15-13-19)33-17-24-29-30-26(31(24)16-20-8-4-3-5-9-20)34-18-25(32)28-23-11-7-6-10-22(23)27/h3-15H,2,16-18H2,1H3,(H,28,32). The minimum Gasteiger partial charge on any atom is -0.486 e. The highest BCUT2D eigenvalue weighted by molar-refractivity contribution is 7.99. The fraction of sp³-hybridized carbons (Fsp3) is 0.192. The molecule has 0 aliphatic rings. The van der Waals surface area contributed by atoms with Crippen LogP contribution in [0.4, 0.5) is 5.69 Å². The van der Waals surface area contributed by atoms with Crippen molar-refractivity contribution in [2.45, 2.75) is 31.7 Å². The molecule has 0 bridgehead atoms. The molecule has 1 heterocycles. The van der Waals surface area contributed by atoms with Gasteiger partial charge >= 0.3 is 0 Å². The number of carbonyl (C=O) groups is 1. The van der Waals surface area contributed by atoms with Crippen LogP contribution in [0.3, 0.4) is 0 Å². The summed E-state index contributed by atoms with van der Waals surface area (Å²) in [6, 6.07) is 25.3. The third kappa shape index (κ3) is 6.40. The molecule has 4 aromatic rings. The van der Waals surface area contributed by atoms with E-state index in [1.54, 1.807) is 12.1 Å². The van der Waals surface area contributed by atoms with E-state index >= 15 is 0 Å². The van der Waals surface area contributed by atoms with Gasteiger partial charge in [-0.25, -0.2) is 0 Å². The van der Waals surface area contributed by atoms with Crippen LogP contribution in [0.5, 0.6) is 5.75 Å². The van der Waals surface area contributed by atoms with Gasteiger partial charge in [0, 0.05) is 0 Å². The van der Waals surface area contributed by atoms with Gasteiger partial charge in [-0.15, -0.1) is 10.2 Å². The first-order chi connectivity index (χ1) is 16.6. The first kappa shape index (κ1) is 23.9. The normalized spacial score (nSPS) is 10.8. The number of carbonyl (C=O) groups excluding carboxylic acids is 1. The summed E-state index contributed by atoms with van der Waals surface area (Å²) in [6.07, 6.45) is 0.982. The van der Waals surface area contributed by atoms with E-state index < -0.39 is 0 Å². The van der Waals surface area contributed by atoms with Crippen molar-refractivity contribution in [3.05, 3.63) is 101 Å². The van der Waals surface area contributed by atoms with Crippen LogP contribution in [-0.4, -0.2) is 26.4 Å². The number of benzene rings is 3. The molecule has 4 rings (SSSR count). The van der Waals surface area contributed by atoms with Crippen LogP contribution in [-0.2, 0) is 24.4 Å². The number of aryl methyl sites for hydroxylation is 1. The van der Waals surface area contributed by atoms with Gasteiger partial charge in [-0.1, -0.05) is 84.9 Å². The molecule has 3 aromatic carbocycles. The molecule has 1 aromatic heterocycles. The third-order valence-electron chi connectivity index (χ3n) is 5.16. The molecule has 0 saturated carbocycles. The van der Waals surface area contributed by atoms with Crippen molar-refractivity contribution in [1.29, 1.82) is 0 Å². The number of anilines is 1.